The summed E-state index contributed by atoms with van der Waals surface area (Å²) in [5.41, 5.74) is 3.51. The number of hydrogen-bond donors (Lipinski definition) is 1. The number of carbonyl (C=O) groups is 3. The Balaban J connectivity index is 1.86. The topological polar surface area (TPSA) is 88.8 Å². The predicted molar refractivity (Wildman–Crippen MR) is 111 cm³/mol. The third-order valence-corrected chi connectivity index (χ3v) is 5.30. The zero-order valence-electron chi connectivity index (χ0n) is 16.6. The zero-order valence-corrected chi connectivity index (χ0v) is 17.4. The molecule has 0 unspecified atom stereocenters. The van der Waals surface area contributed by atoms with Gasteiger partial charge in [0.15, 0.2) is 0 Å². The molecule has 0 radical (unpaired) electrons. The van der Waals surface area contributed by atoms with Crippen LogP contribution in [0.3, 0.4) is 0 Å². The van der Waals surface area contributed by atoms with Crippen molar-refractivity contribution in [2.75, 3.05) is 6.54 Å². The van der Waals surface area contributed by atoms with Crippen LogP contribution in [-0.4, -0.2) is 44.3 Å². The molecule has 0 aliphatic carbocycles. The van der Waals surface area contributed by atoms with E-state index >= 15 is 0 Å². The van der Waals surface area contributed by atoms with Gasteiger partial charge in [-0.05, 0) is 81.4 Å². The summed E-state index contributed by atoms with van der Waals surface area (Å²) in [5.74, 6) is -0.940. The van der Waals surface area contributed by atoms with Gasteiger partial charge in [0.2, 0.25) is 0 Å². The molecular formula is C21H22N2O5S. The van der Waals surface area contributed by atoms with E-state index in [-0.39, 0.29) is 16.8 Å². The van der Waals surface area contributed by atoms with Gasteiger partial charge in [-0.1, -0.05) is 0 Å². The molecule has 7 nitrogen and oxygen atoms in total. The fraction of sp³-hybridized carbons (Fsp3) is 0.286. The number of esters is 1. The van der Waals surface area contributed by atoms with Crippen molar-refractivity contribution in [3.8, 4) is 11.4 Å². The number of ether oxygens (including phenoxy) is 1. The van der Waals surface area contributed by atoms with E-state index in [9.17, 15) is 19.5 Å². The van der Waals surface area contributed by atoms with Crippen molar-refractivity contribution in [2.24, 2.45) is 0 Å². The molecule has 2 heterocycles. The lowest BCUT2D eigenvalue weighted by molar-refractivity contribution is -0.149. The van der Waals surface area contributed by atoms with Crippen molar-refractivity contribution in [3.63, 3.8) is 0 Å². The van der Waals surface area contributed by atoms with Gasteiger partial charge in [0.1, 0.15) is 12.3 Å². The minimum Gasteiger partial charge on any atom is -0.508 e. The standard InChI is InChI=1S/C21H22N2O5S/c1-12(2)28-19(25)11-22-20(26)18(29-21(22)27)10-15-9-13(3)23(14(15)4)16-5-7-17(24)8-6-16/h5-10,12,24H,11H2,1-4H3/b18-10+. The fourth-order valence-electron chi connectivity index (χ4n) is 3.14. The summed E-state index contributed by atoms with van der Waals surface area (Å²) in [6.45, 7) is 6.86. The van der Waals surface area contributed by atoms with E-state index in [2.05, 4.69) is 0 Å². The molecular weight excluding hydrogens is 392 g/mol. The Kier molecular flexibility index (Phi) is 5.83. The molecule has 29 heavy (non-hydrogen) atoms. The highest BCUT2D eigenvalue weighted by atomic mass is 32.2. The third-order valence-electron chi connectivity index (χ3n) is 4.39. The number of carbonyl (C=O) groups excluding carboxylic acids is 3. The lowest BCUT2D eigenvalue weighted by Gasteiger charge is -2.13. The van der Waals surface area contributed by atoms with Crippen molar-refractivity contribution in [3.05, 3.63) is 52.2 Å². The molecule has 1 aliphatic heterocycles. The Bertz CT molecular complexity index is 1000. The zero-order chi connectivity index (χ0) is 21.3. The highest BCUT2D eigenvalue weighted by Crippen LogP contribution is 2.33. The van der Waals surface area contributed by atoms with Gasteiger partial charge in [0.05, 0.1) is 11.0 Å². The molecule has 1 aliphatic rings. The van der Waals surface area contributed by atoms with Crippen molar-refractivity contribution in [2.45, 2.75) is 33.8 Å². The van der Waals surface area contributed by atoms with Crippen LogP contribution in [0.15, 0.2) is 35.2 Å². The number of imide groups is 1. The normalized spacial score (nSPS) is 15.6. The summed E-state index contributed by atoms with van der Waals surface area (Å²) in [6, 6.07) is 8.73. The molecule has 2 amide bonds. The molecule has 1 aromatic carbocycles. The SMILES string of the molecule is Cc1cc(/C=C2/SC(=O)N(CC(=O)OC(C)C)C2=O)c(C)n1-c1ccc(O)cc1. The molecule has 152 valence electrons. The highest BCUT2D eigenvalue weighted by molar-refractivity contribution is 8.18. The maximum absolute atomic E-state index is 12.6. The molecule has 0 saturated carbocycles. The first-order valence-corrected chi connectivity index (χ1v) is 9.92. The Labute approximate surface area is 173 Å². The predicted octanol–water partition coefficient (Wildman–Crippen LogP) is 3.79. The summed E-state index contributed by atoms with van der Waals surface area (Å²) in [4.78, 5) is 37.8. The number of aryl methyl sites for hydroxylation is 1. The molecule has 0 spiro atoms. The van der Waals surface area contributed by atoms with Gasteiger partial charge in [-0.25, -0.2) is 0 Å². The van der Waals surface area contributed by atoms with Crippen molar-refractivity contribution < 1.29 is 24.2 Å². The van der Waals surface area contributed by atoms with Crippen LogP contribution in [0.1, 0.15) is 30.8 Å². The lowest BCUT2D eigenvalue weighted by Crippen LogP contribution is -2.35. The second kappa shape index (κ2) is 8.16. The molecule has 1 saturated heterocycles. The first kappa shape index (κ1) is 20.7. The molecule has 0 atom stereocenters. The smallest absolute Gasteiger partial charge is 0.326 e. The quantitative estimate of drug-likeness (QED) is 0.592. The first-order valence-electron chi connectivity index (χ1n) is 9.10. The minimum atomic E-state index is -0.617. The van der Waals surface area contributed by atoms with Crippen molar-refractivity contribution in [1.29, 1.82) is 0 Å². The van der Waals surface area contributed by atoms with E-state index in [0.29, 0.717) is 0 Å². The van der Waals surface area contributed by atoms with Gasteiger partial charge in [0.25, 0.3) is 11.1 Å². The van der Waals surface area contributed by atoms with Crippen LogP contribution in [0, 0.1) is 13.8 Å². The summed E-state index contributed by atoms with van der Waals surface area (Å²) < 4.78 is 7.02. The van der Waals surface area contributed by atoms with E-state index in [4.69, 9.17) is 4.74 Å². The highest BCUT2D eigenvalue weighted by Gasteiger charge is 2.37. The van der Waals surface area contributed by atoms with Crippen LogP contribution in [0.4, 0.5) is 4.79 Å². The Morgan fingerprint density at radius 1 is 1.21 bits per heavy atom. The molecule has 1 N–H and O–H groups in total. The second-order valence-electron chi connectivity index (χ2n) is 6.98. The Morgan fingerprint density at radius 3 is 2.48 bits per heavy atom. The van der Waals surface area contributed by atoms with Crippen LogP contribution in [0.5, 0.6) is 5.75 Å². The number of rotatable bonds is 5. The Morgan fingerprint density at radius 2 is 1.86 bits per heavy atom. The van der Waals surface area contributed by atoms with Crippen LogP contribution in [0.2, 0.25) is 0 Å². The van der Waals surface area contributed by atoms with E-state index in [0.717, 1.165) is 39.3 Å². The summed E-state index contributed by atoms with van der Waals surface area (Å²) in [5, 5.41) is 9.01. The average molecular weight is 414 g/mol. The number of aromatic hydroxyl groups is 1. The van der Waals surface area contributed by atoms with Crippen LogP contribution < -0.4 is 0 Å². The summed E-state index contributed by atoms with van der Waals surface area (Å²) >= 11 is 0.808. The van der Waals surface area contributed by atoms with Crippen molar-refractivity contribution in [1.82, 2.24) is 9.47 Å². The molecule has 1 aromatic heterocycles. The maximum atomic E-state index is 12.6. The largest absolute Gasteiger partial charge is 0.508 e. The minimum absolute atomic E-state index is 0.182. The molecule has 0 bridgehead atoms. The van der Waals surface area contributed by atoms with Crippen LogP contribution in [0.25, 0.3) is 11.8 Å². The monoisotopic (exact) mass is 414 g/mol. The number of amides is 2. The number of nitrogens with zero attached hydrogens (tertiary/aromatic N) is 2. The summed E-state index contributed by atoms with van der Waals surface area (Å²) in [7, 11) is 0. The van der Waals surface area contributed by atoms with Gasteiger partial charge in [-0.3, -0.25) is 19.3 Å². The first-order chi connectivity index (χ1) is 13.7. The van der Waals surface area contributed by atoms with Gasteiger partial charge < -0.3 is 14.4 Å². The van der Waals surface area contributed by atoms with Gasteiger partial charge in [-0.15, -0.1) is 0 Å². The van der Waals surface area contributed by atoms with E-state index in [1.54, 1.807) is 44.2 Å². The van der Waals surface area contributed by atoms with Gasteiger partial charge >= 0.3 is 5.97 Å². The summed E-state index contributed by atoms with van der Waals surface area (Å²) in [6.07, 6.45) is 1.35. The number of phenolic OH excluding ortho intramolecular Hbond substituents is 1. The Hall–Kier alpha value is -3.00. The van der Waals surface area contributed by atoms with E-state index in [1.807, 2.05) is 24.5 Å². The van der Waals surface area contributed by atoms with Crippen molar-refractivity contribution >= 4 is 35.0 Å². The molecule has 1 fully saturated rings. The average Bonchev–Trinajstić information content (AvgIpc) is 3.05. The van der Waals surface area contributed by atoms with Crippen LogP contribution in [-0.2, 0) is 14.3 Å². The van der Waals surface area contributed by atoms with Gasteiger partial charge in [0, 0.05) is 17.1 Å². The number of benzene rings is 1. The van der Waals surface area contributed by atoms with Crippen LogP contribution >= 0.6 is 11.8 Å². The lowest BCUT2D eigenvalue weighted by atomic mass is 10.2. The number of aromatic nitrogens is 1. The molecule has 3 rings (SSSR count). The molecule has 2 aromatic rings. The van der Waals surface area contributed by atoms with E-state index < -0.39 is 23.7 Å². The molecule has 8 heteroatoms. The third kappa shape index (κ3) is 4.37. The number of phenols is 1. The van der Waals surface area contributed by atoms with E-state index in [1.165, 1.54) is 0 Å². The fourth-order valence-corrected chi connectivity index (χ4v) is 3.97. The van der Waals surface area contributed by atoms with Gasteiger partial charge in [-0.2, -0.15) is 0 Å². The number of thioether (sulfide) groups is 1. The number of hydrogen-bond acceptors (Lipinski definition) is 6. The second-order valence-corrected chi connectivity index (χ2v) is 7.98. The maximum Gasteiger partial charge on any atom is 0.326 e.